The smallest absolute Gasteiger partial charge is 0.294 e. The molecule has 5 heteroatoms. The molecular weight excluding hydrogens is 276 g/mol. The molecule has 0 saturated heterocycles. The van der Waals surface area contributed by atoms with Gasteiger partial charge in [0.05, 0.1) is 11.8 Å². The maximum absolute atomic E-state index is 12.8. The number of imidazole rings is 1. The van der Waals surface area contributed by atoms with Gasteiger partial charge >= 0.3 is 0 Å². The van der Waals surface area contributed by atoms with Gasteiger partial charge in [-0.15, -0.1) is 0 Å². The number of aromatic nitrogens is 2. The maximum atomic E-state index is 12.8. The number of hydrogen-bond donors (Lipinski definition) is 0. The molecule has 0 radical (unpaired) electrons. The van der Waals surface area contributed by atoms with E-state index in [9.17, 15) is 4.79 Å². The van der Waals surface area contributed by atoms with Crippen molar-refractivity contribution in [3.8, 4) is 6.07 Å². The van der Waals surface area contributed by atoms with Gasteiger partial charge in [-0.3, -0.25) is 4.79 Å². The molecule has 0 aliphatic carbocycles. The number of benzene rings is 1. The van der Waals surface area contributed by atoms with Gasteiger partial charge in [0.2, 0.25) is 0 Å². The topological polar surface area (TPSA) is 61.9 Å². The molecule has 5 nitrogen and oxygen atoms in total. The minimum Gasteiger partial charge on any atom is -0.327 e. The summed E-state index contributed by atoms with van der Waals surface area (Å²) >= 11 is 0. The number of nitrogens with zero attached hydrogens (tertiary/aromatic N) is 4. The molecule has 0 bridgehead atoms. The Morgan fingerprint density at radius 3 is 2.68 bits per heavy atom. The van der Waals surface area contributed by atoms with Gasteiger partial charge in [-0.1, -0.05) is 30.3 Å². The molecule has 0 unspecified atom stereocenters. The van der Waals surface area contributed by atoms with Crippen molar-refractivity contribution in [2.45, 2.75) is 20.4 Å². The molecule has 0 aliphatic rings. The molecule has 0 spiro atoms. The lowest BCUT2D eigenvalue weighted by Crippen LogP contribution is -2.31. The van der Waals surface area contributed by atoms with Crippen LogP contribution >= 0.6 is 0 Å². The van der Waals surface area contributed by atoms with E-state index < -0.39 is 0 Å². The van der Waals surface area contributed by atoms with Crippen molar-refractivity contribution < 1.29 is 4.79 Å². The second-order valence-corrected chi connectivity index (χ2v) is 4.61. The molecule has 0 fully saturated rings. The van der Waals surface area contributed by atoms with Gasteiger partial charge in [0, 0.05) is 31.6 Å². The zero-order chi connectivity index (χ0) is 15.9. The lowest BCUT2D eigenvalue weighted by Gasteiger charge is -2.23. The molecule has 0 saturated carbocycles. The summed E-state index contributed by atoms with van der Waals surface area (Å²) in [6.07, 6.45) is 4.79. The van der Waals surface area contributed by atoms with Crippen LogP contribution in [0.15, 0.2) is 48.8 Å². The van der Waals surface area contributed by atoms with E-state index in [0.29, 0.717) is 24.6 Å². The third-order valence-electron chi connectivity index (χ3n) is 3.37. The fourth-order valence-electron chi connectivity index (χ4n) is 2.29. The summed E-state index contributed by atoms with van der Waals surface area (Å²) in [6, 6.07) is 11.4. The lowest BCUT2D eigenvalue weighted by molar-refractivity contribution is 0.0825. The molecule has 22 heavy (non-hydrogen) atoms. The predicted octanol–water partition coefficient (Wildman–Crippen LogP) is 2.93. The summed E-state index contributed by atoms with van der Waals surface area (Å²) < 4.78 is 1.79. The fourth-order valence-corrected chi connectivity index (χ4v) is 2.29. The third kappa shape index (κ3) is 3.07. The van der Waals surface area contributed by atoms with E-state index in [1.807, 2.05) is 50.2 Å². The summed E-state index contributed by atoms with van der Waals surface area (Å²) in [5.41, 5.74) is 1.41. The average molecular weight is 294 g/mol. The van der Waals surface area contributed by atoms with Crippen molar-refractivity contribution in [2.75, 3.05) is 6.54 Å². The van der Waals surface area contributed by atoms with Crippen LogP contribution in [0.3, 0.4) is 0 Å². The first-order valence-corrected chi connectivity index (χ1v) is 7.21. The highest BCUT2D eigenvalue weighted by Gasteiger charge is 2.23. The maximum Gasteiger partial charge on any atom is 0.294 e. The molecular formula is C17H18N4O. The van der Waals surface area contributed by atoms with Crippen molar-refractivity contribution in [1.29, 1.82) is 5.26 Å². The number of aryl methyl sites for hydroxylation is 1. The van der Waals surface area contributed by atoms with Gasteiger partial charge in [-0.2, -0.15) is 5.26 Å². The van der Waals surface area contributed by atoms with Crippen molar-refractivity contribution in [1.82, 2.24) is 14.5 Å². The van der Waals surface area contributed by atoms with Crippen LogP contribution < -0.4 is 0 Å². The van der Waals surface area contributed by atoms with Crippen LogP contribution in [0.4, 0.5) is 0 Å². The summed E-state index contributed by atoms with van der Waals surface area (Å²) in [7, 11) is 0. The number of hydrogen-bond acceptors (Lipinski definition) is 3. The van der Waals surface area contributed by atoms with Crippen LogP contribution in [0.25, 0.3) is 5.70 Å². The number of carbonyl (C=O) groups excluding carboxylic acids is 1. The average Bonchev–Trinajstić information content (AvgIpc) is 3.04. The zero-order valence-electron chi connectivity index (χ0n) is 12.7. The number of carbonyl (C=O) groups is 1. The van der Waals surface area contributed by atoms with Crippen molar-refractivity contribution in [2.24, 2.45) is 0 Å². The lowest BCUT2D eigenvalue weighted by atomic mass is 10.1. The first kappa shape index (κ1) is 15.5. The molecule has 1 aromatic carbocycles. The normalized spacial score (nSPS) is 11.0. The van der Waals surface area contributed by atoms with E-state index in [2.05, 4.69) is 4.98 Å². The van der Waals surface area contributed by atoms with E-state index in [-0.39, 0.29) is 5.91 Å². The molecule has 1 amide bonds. The zero-order valence-corrected chi connectivity index (χ0v) is 12.7. The molecule has 1 heterocycles. The van der Waals surface area contributed by atoms with Crippen LogP contribution in [0.2, 0.25) is 0 Å². The van der Waals surface area contributed by atoms with Gasteiger partial charge in [-0.25, -0.2) is 4.98 Å². The Labute approximate surface area is 130 Å². The Balaban J connectivity index is 2.43. The highest BCUT2D eigenvalue weighted by molar-refractivity contribution is 5.97. The molecule has 1 aromatic heterocycles. The Kier molecular flexibility index (Phi) is 5.10. The van der Waals surface area contributed by atoms with Crippen LogP contribution in [0, 0.1) is 11.3 Å². The standard InChI is InChI=1S/C17H18N4O/c1-3-20-13-12-19-16(20)17(22)21(4-2)15(10-11-18)14-8-6-5-7-9-14/h5-10,12-13H,3-4H2,1-2H3/b15-10-. The van der Waals surface area contributed by atoms with E-state index in [0.717, 1.165) is 5.56 Å². The summed E-state index contributed by atoms with van der Waals surface area (Å²) in [4.78, 5) is 18.5. The van der Waals surface area contributed by atoms with Crippen LogP contribution in [0.1, 0.15) is 30.0 Å². The van der Waals surface area contributed by atoms with Crippen LogP contribution in [0.5, 0.6) is 0 Å². The molecule has 2 rings (SSSR count). The van der Waals surface area contributed by atoms with Crippen LogP contribution in [-0.2, 0) is 6.54 Å². The number of nitriles is 1. The van der Waals surface area contributed by atoms with Crippen molar-refractivity contribution in [3.63, 3.8) is 0 Å². The Morgan fingerprint density at radius 1 is 1.36 bits per heavy atom. The van der Waals surface area contributed by atoms with Crippen molar-refractivity contribution >= 4 is 11.6 Å². The minimum atomic E-state index is -0.209. The SMILES string of the molecule is CCN(C(=O)c1nccn1CC)/C(=C\C#N)c1ccccc1. The quantitative estimate of drug-likeness (QED) is 0.796. The number of allylic oxidation sites excluding steroid dienone is 1. The van der Waals surface area contributed by atoms with E-state index >= 15 is 0 Å². The minimum absolute atomic E-state index is 0.209. The van der Waals surface area contributed by atoms with Gasteiger partial charge in [0.1, 0.15) is 0 Å². The number of rotatable bonds is 5. The van der Waals surface area contributed by atoms with E-state index in [4.69, 9.17) is 5.26 Å². The Hall–Kier alpha value is -2.87. The van der Waals surface area contributed by atoms with E-state index in [1.165, 1.54) is 6.08 Å². The van der Waals surface area contributed by atoms with Gasteiger partial charge in [0.15, 0.2) is 5.82 Å². The monoisotopic (exact) mass is 294 g/mol. The van der Waals surface area contributed by atoms with Gasteiger partial charge in [-0.05, 0) is 19.4 Å². The van der Waals surface area contributed by atoms with Gasteiger partial charge in [0.25, 0.3) is 5.91 Å². The number of amides is 1. The second kappa shape index (κ2) is 7.23. The second-order valence-electron chi connectivity index (χ2n) is 4.61. The third-order valence-corrected chi connectivity index (χ3v) is 3.37. The Morgan fingerprint density at radius 2 is 2.09 bits per heavy atom. The molecule has 0 atom stereocenters. The summed E-state index contributed by atoms with van der Waals surface area (Å²) in [5, 5.41) is 9.07. The predicted molar refractivity (Wildman–Crippen MR) is 84.6 cm³/mol. The van der Waals surface area contributed by atoms with Crippen molar-refractivity contribution in [3.05, 3.63) is 60.2 Å². The Bertz CT molecular complexity index is 710. The highest BCUT2D eigenvalue weighted by atomic mass is 16.2. The summed E-state index contributed by atoms with van der Waals surface area (Å²) in [6.45, 7) is 4.96. The highest BCUT2D eigenvalue weighted by Crippen LogP contribution is 2.21. The van der Waals surface area contributed by atoms with Gasteiger partial charge < -0.3 is 9.47 Å². The summed E-state index contributed by atoms with van der Waals surface area (Å²) in [5.74, 6) is 0.170. The molecule has 0 N–H and O–H groups in total. The first-order valence-electron chi connectivity index (χ1n) is 7.21. The fraction of sp³-hybridized carbons (Fsp3) is 0.235. The molecule has 2 aromatic rings. The molecule has 0 aliphatic heterocycles. The van der Waals surface area contributed by atoms with Crippen LogP contribution in [-0.4, -0.2) is 26.9 Å². The van der Waals surface area contributed by atoms with E-state index in [1.54, 1.807) is 21.9 Å². The largest absolute Gasteiger partial charge is 0.327 e. The first-order chi connectivity index (χ1) is 10.7. The molecule has 112 valence electrons.